The van der Waals surface area contributed by atoms with Gasteiger partial charge in [0.05, 0.1) is 6.73 Å². The number of aliphatic carboxylic acids is 1. The zero-order valence-electron chi connectivity index (χ0n) is 7.77. The van der Waals surface area contributed by atoms with Gasteiger partial charge in [-0.05, 0) is 5.56 Å². The largest absolute Gasteiger partial charge is 0.480 e. The predicted octanol–water partition coefficient (Wildman–Crippen LogP) is 0.835. The van der Waals surface area contributed by atoms with Crippen LogP contribution in [-0.4, -0.2) is 24.4 Å². The second-order valence-corrected chi connectivity index (χ2v) is 2.80. The molecule has 0 aliphatic heterocycles. The third-order valence-electron chi connectivity index (χ3n) is 1.60. The number of carboxylic acid groups (broad SMARTS) is 1. The molecular formula is C10H13NO3. The molecule has 0 aromatic heterocycles. The summed E-state index contributed by atoms with van der Waals surface area (Å²) in [6, 6.07) is 9.84. The molecule has 0 aliphatic carbocycles. The average molecular weight is 195 g/mol. The van der Waals surface area contributed by atoms with Gasteiger partial charge in [0.1, 0.15) is 6.61 Å². The molecule has 0 bridgehead atoms. The Morgan fingerprint density at radius 2 is 2.07 bits per heavy atom. The minimum Gasteiger partial charge on any atom is -0.480 e. The first-order valence-corrected chi connectivity index (χ1v) is 4.33. The molecule has 1 rings (SSSR count). The maximum absolute atomic E-state index is 10.1. The van der Waals surface area contributed by atoms with Gasteiger partial charge in [0, 0.05) is 6.54 Å². The fourth-order valence-corrected chi connectivity index (χ4v) is 1.00. The average Bonchev–Trinajstić information content (AvgIpc) is 2.18. The Hall–Kier alpha value is -1.39. The molecule has 4 heteroatoms. The van der Waals surface area contributed by atoms with Crippen LogP contribution in [0.4, 0.5) is 0 Å². The molecule has 0 fully saturated rings. The highest BCUT2D eigenvalue weighted by molar-refractivity contribution is 5.67. The van der Waals surface area contributed by atoms with Gasteiger partial charge in [0.25, 0.3) is 0 Å². The number of benzene rings is 1. The maximum Gasteiger partial charge on any atom is 0.329 e. The molecule has 0 atom stereocenters. The zero-order valence-corrected chi connectivity index (χ0v) is 7.77. The van der Waals surface area contributed by atoms with Crippen molar-refractivity contribution in [2.24, 2.45) is 0 Å². The van der Waals surface area contributed by atoms with Crippen LogP contribution >= 0.6 is 0 Å². The molecule has 4 nitrogen and oxygen atoms in total. The highest BCUT2D eigenvalue weighted by Gasteiger charge is 1.95. The number of rotatable bonds is 6. The van der Waals surface area contributed by atoms with E-state index < -0.39 is 5.97 Å². The lowest BCUT2D eigenvalue weighted by molar-refractivity contribution is -0.142. The van der Waals surface area contributed by atoms with Crippen molar-refractivity contribution in [3.63, 3.8) is 0 Å². The fraction of sp³-hybridized carbons (Fsp3) is 0.300. The van der Waals surface area contributed by atoms with Crippen LogP contribution in [0.3, 0.4) is 0 Å². The van der Waals surface area contributed by atoms with Crippen molar-refractivity contribution in [2.45, 2.75) is 6.54 Å². The third-order valence-corrected chi connectivity index (χ3v) is 1.60. The first kappa shape index (κ1) is 10.7. The quantitative estimate of drug-likeness (QED) is 0.521. The van der Waals surface area contributed by atoms with Crippen LogP contribution in [0.15, 0.2) is 30.3 Å². The van der Waals surface area contributed by atoms with E-state index in [4.69, 9.17) is 9.84 Å². The molecule has 2 N–H and O–H groups in total. The van der Waals surface area contributed by atoms with Gasteiger partial charge in [0.15, 0.2) is 0 Å². The van der Waals surface area contributed by atoms with Crippen LogP contribution in [0.2, 0.25) is 0 Å². The van der Waals surface area contributed by atoms with Crippen LogP contribution in [0.25, 0.3) is 0 Å². The number of hydrogen-bond donors (Lipinski definition) is 2. The van der Waals surface area contributed by atoms with Crippen LogP contribution in [0.1, 0.15) is 5.56 Å². The molecule has 1 aromatic rings. The summed E-state index contributed by atoms with van der Waals surface area (Å²) in [6.07, 6.45) is 0. The molecule has 1 aromatic carbocycles. The van der Waals surface area contributed by atoms with Gasteiger partial charge in [-0.1, -0.05) is 30.3 Å². The van der Waals surface area contributed by atoms with E-state index in [-0.39, 0.29) is 13.3 Å². The zero-order chi connectivity index (χ0) is 10.2. The first-order chi connectivity index (χ1) is 6.79. The Balaban J connectivity index is 2.08. The molecule has 76 valence electrons. The summed E-state index contributed by atoms with van der Waals surface area (Å²) in [4.78, 5) is 10.1. The smallest absolute Gasteiger partial charge is 0.329 e. The Labute approximate surface area is 82.5 Å². The lowest BCUT2D eigenvalue weighted by Gasteiger charge is -2.04. The van der Waals surface area contributed by atoms with Gasteiger partial charge in [-0.15, -0.1) is 0 Å². The van der Waals surface area contributed by atoms with Gasteiger partial charge in [-0.2, -0.15) is 0 Å². The monoisotopic (exact) mass is 195 g/mol. The van der Waals surface area contributed by atoms with Crippen LogP contribution in [0.5, 0.6) is 0 Å². The van der Waals surface area contributed by atoms with Crippen molar-refractivity contribution in [1.82, 2.24) is 5.32 Å². The van der Waals surface area contributed by atoms with Crippen LogP contribution in [-0.2, 0) is 16.1 Å². The summed E-state index contributed by atoms with van der Waals surface area (Å²) in [5.74, 6) is -0.952. The first-order valence-electron chi connectivity index (χ1n) is 4.33. The lowest BCUT2D eigenvalue weighted by atomic mass is 10.2. The molecule has 0 spiro atoms. The topological polar surface area (TPSA) is 58.6 Å². The molecule has 0 saturated heterocycles. The third kappa shape index (κ3) is 4.59. The normalized spacial score (nSPS) is 10.0. The molecule has 14 heavy (non-hydrogen) atoms. The molecule has 0 amide bonds. The summed E-state index contributed by atoms with van der Waals surface area (Å²) < 4.78 is 4.81. The van der Waals surface area contributed by atoms with Crippen LogP contribution < -0.4 is 5.32 Å². The van der Waals surface area contributed by atoms with Crippen molar-refractivity contribution >= 4 is 5.97 Å². The molecule has 0 radical (unpaired) electrons. The molecule has 0 saturated carbocycles. The van der Waals surface area contributed by atoms with E-state index >= 15 is 0 Å². The van der Waals surface area contributed by atoms with E-state index in [2.05, 4.69) is 5.32 Å². The second-order valence-electron chi connectivity index (χ2n) is 2.80. The summed E-state index contributed by atoms with van der Waals surface area (Å²) in [6.45, 7) is 0.670. The van der Waals surface area contributed by atoms with Gasteiger partial charge < -0.3 is 9.84 Å². The highest BCUT2D eigenvalue weighted by atomic mass is 16.5. The number of nitrogens with one attached hydrogen (secondary N) is 1. The summed E-state index contributed by atoms with van der Waals surface area (Å²) in [5, 5.41) is 11.2. The summed E-state index contributed by atoms with van der Waals surface area (Å²) in [5.41, 5.74) is 1.14. The molecule has 0 aliphatic rings. The van der Waals surface area contributed by atoms with Crippen molar-refractivity contribution in [3.05, 3.63) is 35.9 Å². The van der Waals surface area contributed by atoms with E-state index in [1.807, 2.05) is 30.3 Å². The van der Waals surface area contributed by atoms with Gasteiger partial charge >= 0.3 is 5.97 Å². The number of ether oxygens (including phenoxy) is 1. The minimum absolute atomic E-state index is 0.251. The Kier molecular flexibility index (Phi) is 4.68. The van der Waals surface area contributed by atoms with Crippen molar-refractivity contribution in [3.8, 4) is 0 Å². The molecule has 0 unspecified atom stereocenters. The second kappa shape index (κ2) is 6.12. The highest BCUT2D eigenvalue weighted by Crippen LogP contribution is 1.96. The Morgan fingerprint density at radius 1 is 1.36 bits per heavy atom. The number of hydrogen-bond acceptors (Lipinski definition) is 3. The summed E-state index contributed by atoms with van der Waals surface area (Å²) >= 11 is 0. The molecule has 0 heterocycles. The van der Waals surface area contributed by atoms with Gasteiger partial charge in [0.2, 0.25) is 0 Å². The fourth-order valence-electron chi connectivity index (χ4n) is 1.00. The SMILES string of the molecule is O=C(O)COCNCc1ccccc1. The van der Waals surface area contributed by atoms with E-state index in [0.29, 0.717) is 6.54 Å². The van der Waals surface area contributed by atoms with E-state index in [1.165, 1.54) is 0 Å². The van der Waals surface area contributed by atoms with E-state index in [0.717, 1.165) is 5.56 Å². The number of carboxylic acids is 1. The van der Waals surface area contributed by atoms with Gasteiger partial charge in [-0.25, -0.2) is 4.79 Å². The van der Waals surface area contributed by atoms with Crippen molar-refractivity contribution in [2.75, 3.05) is 13.3 Å². The Bertz CT molecular complexity index is 274. The molecular weight excluding hydrogens is 182 g/mol. The number of carbonyl (C=O) groups is 1. The predicted molar refractivity (Wildman–Crippen MR) is 51.7 cm³/mol. The Morgan fingerprint density at radius 3 is 2.71 bits per heavy atom. The summed E-state index contributed by atoms with van der Waals surface area (Å²) in [7, 11) is 0. The van der Waals surface area contributed by atoms with E-state index in [9.17, 15) is 4.79 Å². The minimum atomic E-state index is -0.952. The van der Waals surface area contributed by atoms with Crippen molar-refractivity contribution in [1.29, 1.82) is 0 Å². The maximum atomic E-state index is 10.1. The van der Waals surface area contributed by atoms with E-state index in [1.54, 1.807) is 0 Å². The lowest BCUT2D eigenvalue weighted by Crippen LogP contribution is -2.20. The standard InChI is InChI=1S/C10H13NO3/c12-10(13)7-14-8-11-6-9-4-2-1-3-5-9/h1-5,11H,6-8H2,(H,12,13). The van der Waals surface area contributed by atoms with Gasteiger partial charge in [-0.3, -0.25) is 5.32 Å². The van der Waals surface area contributed by atoms with Crippen molar-refractivity contribution < 1.29 is 14.6 Å². The van der Waals surface area contributed by atoms with Crippen LogP contribution in [0, 0.1) is 0 Å².